The van der Waals surface area contributed by atoms with Crippen LogP contribution in [0.5, 0.6) is 0 Å². The van der Waals surface area contributed by atoms with Gasteiger partial charge in [-0.25, -0.2) is 4.39 Å². The molecule has 0 aliphatic heterocycles. The molecule has 12 heteroatoms. The minimum absolute atomic E-state index is 0.0693. The molecule has 0 aliphatic rings. The SMILES string of the molecule is C[C@H](NC(=O)C(=O)c1cc(C(=O)Nc2ccc(F)c(C#N)c2)n(C)c1Cl)C(F)(F)F. The molecule has 0 saturated carbocycles. The maximum absolute atomic E-state index is 13.4. The molecular weight excluding hydrogens is 432 g/mol. The molecule has 30 heavy (non-hydrogen) atoms. The minimum Gasteiger partial charge on any atom is -0.338 e. The number of nitrogens with zero attached hydrogens (tertiary/aromatic N) is 2. The van der Waals surface area contributed by atoms with Gasteiger partial charge in [0.1, 0.15) is 28.8 Å². The number of halogens is 5. The van der Waals surface area contributed by atoms with E-state index >= 15 is 0 Å². The molecular formula is C18H13ClF4N4O3. The number of carbonyl (C=O) groups excluding carboxylic acids is 3. The number of nitriles is 1. The summed E-state index contributed by atoms with van der Waals surface area (Å²) < 4.78 is 52.1. The number of carbonyl (C=O) groups is 3. The Morgan fingerprint density at radius 2 is 1.87 bits per heavy atom. The average Bonchev–Trinajstić information content (AvgIpc) is 2.97. The molecule has 0 aliphatic carbocycles. The van der Waals surface area contributed by atoms with E-state index < -0.39 is 41.2 Å². The van der Waals surface area contributed by atoms with Gasteiger partial charge in [-0.05, 0) is 31.2 Å². The zero-order chi connectivity index (χ0) is 22.8. The van der Waals surface area contributed by atoms with Gasteiger partial charge in [0.25, 0.3) is 17.6 Å². The highest BCUT2D eigenvalue weighted by Gasteiger charge is 2.38. The molecule has 1 heterocycles. The summed E-state index contributed by atoms with van der Waals surface area (Å²) in [4.78, 5) is 36.5. The Kier molecular flexibility index (Phi) is 6.52. The number of ketones is 1. The summed E-state index contributed by atoms with van der Waals surface area (Å²) in [5, 5.41) is 12.4. The quantitative estimate of drug-likeness (QED) is 0.420. The van der Waals surface area contributed by atoms with Gasteiger partial charge >= 0.3 is 6.18 Å². The van der Waals surface area contributed by atoms with Gasteiger partial charge in [-0.2, -0.15) is 18.4 Å². The number of anilines is 1. The lowest BCUT2D eigenvalue weighted by Gasteiger charge is -2.16. The maximum atomic E-state index is 13.4. The van der Waals surface area contributed by atoms with Crippen LogP contribution in [0.1, 0.15) is 33.3 Å². The highest BCUT2D eigenvalue weighted by molar-refractivity contribution is 6.47. The van der Waals surface area contributed by atoms with Crippen LogP contribution in [0, 0.1) is 17.1 Å². The summed E-state index contributed by atoms with van der Waals surface area (Å²) in [5.74, 6) is -4.52. The predicted molar refractivity (Wildman–Crippen MR) is 97.5 cm³/mol. The molecule has 7 nitrogen and oxygen atoms in total. The first-order valence-electron chi connectivity index (χ1n) is 8.15. The lowest BCUT2D eigenvalue weighted by molar-refractivity contribution is -0.156. The second kappa shape index (κ2) is 8.54. The Labute approximate surface area is 172 Å². The van der Waals surface area contributed by atoms with E-state index in [2.05, 4.69) is 5.32 Å². The Morgan fingerprint density at radius 1 is 1.23 bits per heavy atom. The molecule has 0 unspecified atom stereocenters. The Hall–Kier alpha value is -3.39. The van der Waals surface area contributed by atoms with Crippen LogP contribution in [0.3, 0.4) is 0 Å². The van der Waals surface area contributed by atoms with Gasteiger partial charge in [0, 0.05) is 12.7 Å². The molecule has 0 radical (unpaired) electrons. The van der Waals surface area contributed by atoms with Gasteiger partial charge in [0.05, 0.1) is 11.1 Å². The number of Topliss-reactive ketones (excluding diaryl/α,β-unsaturated/α-hetero) is 1. The number of rotatable bonds is 5. The van der Waals surface area contributed by atoms with Gasteiger partial charge in [0.2, 0.25) is 0 Å². The summed E-state index contributed by atoms with van der Waals surface area (Å²) in [6.07, 6.45) is -4.75. The number of amides is 2. The van der Waals surface area contributed by atoms with Crippen LogP contribution in [0.25, 0.3) is 0 Å². The smallest absolute Gasteiger partial charge is 0.338 e. The molecule has 1 atom stereocenters. The summed E-state index contributed by atoms with van der Waals surface area (Å²) in [6, 6.07) is 3.51. The largest absolute Gasteiger partial charge is 0.408 e. The van der Waals surface area contributed by atoms with Gasteiger partial charge < -0.3 is 15.2 Å². The van der Waals surface area contributed by atoms with Crippen molar-refractivity contribution < 1.29 is 31.9 Å². The fourth-order valence-corrected chi connectivity index (χ4v) is 2.54. The zero-order valence-corrected chi connectivity index (χ0v) is 16.2. The molecule has 158 valence electrons. The molecule has 2 rings (SSSR count). The fraction of sp³-hybridized carbons (Fsp3) is 0.222. The van der Waals surface area contributed by atoms with Crippen LogP contribution < -0.4 is 10.6 Å². The summed E-state index contributed by atoms with van der Waals surface area (Å²) in [7, 11) is 1.29. The molecule has 0 spiro atoms. The van der Waals surface area contributed by atoms with Crippen molar-refractivity contribution in [2.75, 3.05) is 5.32 Å². The summed E-state index contributed by atoms with van der Waals surface area (Å²) in [5.41, 5.74) is -0.931. The van der Waals surface area contributed by atoms with E-state index in [1.54, 1.807) is 6.07 Å². The van der Waals surface area contributed by atoms with Crippen LogP contribution in [0.2, 0.25) is 5.15 Å². The second-order valence-corrected chi connectivity index (χ2v) is 6.48. The molecule has 2 aromatic rings. The van der Waals surface area contributed by atoms with Gasteiger partial charge in [-0.1, -0.05) is 11.6 Å². The van der Waals surface area contributed by atoms with Crippen LogP contribution in [-0.2, 0) is 11.8 Å². The van der Waals surface area contributed by atoms with Crippen LogP contribution in [0.15, 0.2) is 24.3 Å². The Balaban J connectivity index is 2.26. The first-order chi connectivity index (χ1) is 13.9. The average molecular weight is 445 g/mol. The Morgan fingerprint density at radius 3 is 2.43 bits per heavy atom. The lowest BCUT2D eigenvalue weighted by atomic mass is 10.1. The number of alkyl halides is 3. The molecule has 2 N–H and O–H groups in total. The third-order valence-corrected chi connectivity index (χ3v) is 4.48. The van der Waals surface area contributed by atoms with Gasteiger partial charge in [0.15, 0.2) is 0 Å². The van der Waals surface area contributed by atoms with E-state index in [0.29, 0.717) is 6.92 Å². The van der Waals surface area contributed by atoms with Crippen molar-refractivity contribution in [3.8, 4) is 6.07 Å². The number of nitrogens with one attached hydrogen (secondary N) is 2. The predicted octanol–water partition coefficient (Wildman–Crippen LogP) is 3.19. The number of hydrogen-bond acceptors (Lipinski definition) is 4. The topological polar surface area (TPSA) is 104 Å². The van der Waals surface area contributed by atoms with Crippen molar-refractivity contribution >= 4 is 34.9 Å². The van der Waals surface area contributed by atoms with E-state index in [1.807, 2.05) is 0 Å². The second-order valence-electron chi connectivity index (χ2n) is 6.12. The third-order valence-electron chi connectivity index (χ3n) is 4.03. The van der Waals surface area contributed by atoms with Crippen molar-refractivity contribution in [1.29, 1.82) is 5.26 Å². The van der Waals surface area contributed by atoms with E-state index in [4.69, 9.17) is 16.9 Å². The van der Waals surface area contributed by atoms with Crippen molar-refractivity contribution in [1.82, 2.24) is 9.88 Å². The molecule has 0 bridgehead atoms. The van der Waals surface area contributed by atoms with Crippen molar-refractivity contribution in [2.24, 2.45) is 7.05 Å². The van der Waals surface area contributed by atoms with Crippen LogP contribution >= 0.6 is 11.6 Å². The van der Waals surface area contributed by atoms with E-state index in [1.165, 1.54) is 18.4 Å². The van der Waals surface area contributed by atoms with E-state index in [9.17, 15) is 31.9 Å². The van der Waals surface area contributed by atoms with E-state index in [-0.39, 0.29) is 22.1 Å². The first kappa shape index (κ1) is 22.9. The molecule has 0 saturated heterocycles. The zero-order valence-electron chi connectivity index (χ0n) is 15.4. The van der Waals surface area contributed by atoms with Crippen LogP contribution in [-0.4, -0.2) is 34.4 Å². The van der Waals surface area contributed by atoms with Crippen LogP contribution in [0.4, 0.5) is 23.2 Å². The number of benzene rings is 1. The summed E-state index contributed by atoms with van der Waals surface area (Å²) >= 11 is 5.96. The molecule has 1 aromatic carbocycles. The Bertz CT molecular complexity index is 1070. The highest BCUT2D eigenvalue weighted by atomic mass is 35.5. The van der Waals surface area contributed by atoms with Crippen molar-refractivity contribution in [3.63, 3.8) is 0 Å². The fourth-order valence-electron chi connectivity index (χ4n) is 2.31. The standard InChI is InChI=1S/C18H13ClF4N4O3/c1-8(18(21,22)23)25-17(30)14(28)11-6-13(27(2)15(11)19)16(29)26-10-3-4-12(20)9(5-10)7-24/h3-6,8H,1-2H3,(H,25,30)(H,26,29)/t8-/m0/s1. The summed E-state index contributed by atoms with van der Waals surface area (Å²) in [6.45, 7) is 0.662. The van der Waals surface area contributed by atoms with Gasteiger partial charge in [-0.15, -0.1) is 0 Å². The number of aromatic nitrogens is 1. The monoisotopic (exact) mass is 444 g/mol. The normalized spacial score (nSPS) is 12.1. The first-order valence-corrected chi connectivity index (χ1v) is 8.52. The van der Waals surface area contributed by atoms with Crippen molar-refractivity contribution in [3.05, 3.63) is 52.1 Å². The van der Waals surface area contributed by atoms with Gasteiger partial charge in [-0.3, -0.25) is 14.4 Å². The number of hydrogen-bond donors (Lipinski definition) is 2. The van der Waals surface area contributed by atoms with E-state index in [0.717, 1.165) is 22.8 Å². The third kappa shape index (κ3) is 4.77. The lowest BCUT2D eigenvalue weighted by Crippen LogP contribution is -2.45. The van der Waals surface area contributed by atoms with Crippen molar-refractivity contribution in [2.45, 2.75) is 19.1 Å². The maximum Gasteiger partial charge on any atom is 0.408 e. The molecule has 1 aromatic heterocycles. The molecule has 0 fully saturated rings. The highest BCUT2D eigenvalue weighted by Crippen LogP contribution is 2.24. The molecule has 2 amide bonds. The minimum atomic E-state index is -4.75.